The summed E-state index contributed by atoms with van der Waals surface area (Å²) in [6, 6.07) is 0. The summed E-state index contributed by atoms with van der Waals surface area (Å²) in [5.74, 6) is -0.451. The fraction of sp³-hybridized carbons (Fsp3) is 0.600. The van der Waals surface area contributed by atoms with Crippen LogP contribution in [0, 0.1) is 0 Å². The van der Waals surface area contributed by atoms with Crippen LogP contribution in [0.15, 0.2) is 0 Å². The maximum atomic E-state index is 12.2. The van der Waals surface area contributed by atoms with Gasteiger partial charge in [-0.1, -0.05) is 0 Å². The zero-order valence-electron chi connectivity index (χ0n) is 12.6. The third kappa shape index (κ3) is 3.16. The van der Waals surface area contributed by atoms with E-state index in [1.54, 1.807) is 0 Å². The molecule has 0 spiro atoms. The minimum atomic E-state index is -0.360. The summed E-state index contributed by atoms with van der Waals surface area (Å²) in [6.45, 7) is 3.17. The zero-order chi connectivity index (χ0) is 15.5. The SMILES string of the molecule is COC(=O)c1c(NC(=O)CN2CCOCC2)sc2c1CCC2. The number of anilines is 1. The zero-order valence-corrected chi connectivity index (χ0v) is 13.5. The topological polar surface area (TPSA) is 67.9 Å². The van der Waals surface area contributed by atoms with Crippen LogP contribution in [0.25, 0.3) is 0 Å². The number of esters is 1. The van der Waals surface area contributed by atoms with Crippen LogP contribution in [-0.4, -0.2) is 56.7 Å². The number of rotatable bonds is 4. The van der Waals surface area contributed by atoms with Crippen molar-refractivity contribution in [2.45, 2.75) is 19.3 Å². The normalized spacial score (nSPS) is 18.0. The molecule has 0 atom stereocenters. The first kappa shape index (κ1) is 15.5. The second-order valence-electron chi connectivity index (χ2n) is 5.49. The largest absolute Gasteiger partial charge is 0.465 e. The summed E-state index contributed by atoms with van der Waals surface area (Å²) < 4.78 is 10.2. The molecule has 1 fully saturated rings. The minimum absolute atomic E-state index is 0.0908. The van der Waals surface area contributed by atoms with Crippen molar-refractivity contribution >= 4 is 28.2 Å². The molecule has 7 heteroatoms. The molecule has 1 aliphatic carbocycles. The number of carbonyl (C=O) groups is 2. The molecule has 1 amide bonds. The molecule has 1 N–H and O–H groups in total. The minimum Gasteiger partial charge on any atom is -0.465 e. The number of ether oxygens (including phenoxy) is 2. The highest BCUT2D eigenvalue weighted by molar-refractivity contribution is 7.17. The smallest absolute Gasteiger partial charge is 0.341 e. The highest BCUT2D eigenvalue weighted by Gasteiger charge is 2.28. The van der Waals surface area contributed by atoms with Crippen LogP contribution in [0.1, 0.15) is 27.2 Å². The Hall–Kier alpha value is -1.44. The number of carbonyl (C=O) groups excluding carboxylic acids is 2. The van der Waals surface area contributed by atoms with Crippen LogP contribution in [0.4, 0.5) is 5.00 Å². The first-order valence-electron chi connectivity index (χ1n) is 7.52. The summed E-state index contributed by atoms with van der Waals surface area (Å²) >= 11 is 1.51. The quantitative estimate of drug-likeness (QED) is 0.846. The second kappa shape index (κ2) is 6.76. The van der Waals surface area contributed by atoms with Crippen LogP contribution in [0.5, 0.6) is 0 Å². The van der Waals surface area contributed by atoms with Gasteiger partial charge in [-0.2, -0.15) is 0 Å². The van der Waals surface area contributed by atoms with Gasteiger partial charge in [0.25, 0.3) is 0 Å². The van der Waals surface area contributed by atoms with Gasteiger partial charge in [-0.25, -0.2) is 4.79 Å². The number of thiophene rings is 1. The first-order chi connectivity index (χ1) is 10.7. The van der Waals surface area contributed by atoms with Crippen molar-refractivity contribution in [3.05, 3.63) is 16.0 Å². The molecular weight excluding hydrogens is 304 g/mol. The molecule has 0 saturated carbocycles. The Labute approximate surface area is 133 Å². The van der Waals surface area contributed by atoms with Crippen molar-refractivity contribution in [1.82, 2.24) is 4.90 Å². The van der Waals surface area contributed by atoms with Gasteiger partial charge in [-0.15, -0.1) is 11.3 Å². The summed E-state index contributed by atoms with van der Waals surface area (Å²) in [7, 11) is 1.38. The third-order valence-corrected chi connectivity index (χ3v) is 5.24. The number of morpholine rings is 1. The van der Waals surface area contributed by atoms with Crippen LogP contribution >= 0.6 is 11.3 Å². The Morgan fingerprint density at radius 2 is 2.09 bits per heavy atom. The van der Waals surface area contributed by atoms with Gasteiger partial charge in [0.15, 0.2) is 0 Å². The molecule has 0 radical (unpaired) electrons. The Morgan fingerprint density at radius 1 is 1.32 bits per heavy atom. The van der Waals surface area contributed by atoms with Gasteiger partial charge in [-0.05, 0) is 24.8 Å². The van der Waals surface area contributed by atoms with Crippen LogP contribution < -0.4 is 5.32 Å². The summed E-state index contributed by atoms with van der Waals surface area (Å²) in [5, 5.41) is 3.53. The van der Waals surface area contributed by atoms with E-state index >= 15 is 0 Å². The van der Waals surface area contributed by atoms with Gasteiger partial charge in [0.05, 0.1) is 32.4 Å². The predicted octanol–water partition coefficient (Wildman–Crippen LogP) is 1.29. The maximum absolute atomic E-state index is 12.2. The molecule has 0 bridgehead atoms. The lowest BCUT2D eigenvalue weighted by Crippen LogP contribution is -2.41. The molecule has 2 aliphatic rings. The number of hydrogen-bond acceptors (Lipinski definition) is 6. The van der Waals surface area contributed by atoms with E-state index in [2.05, 4.69) is 10.2 Å². The molecule has 1 aromatic heterocycles. The molecule has 2 heterocycles. The van der Waals surface area contributed by atoms with Gasteiger partial charge >= 0.3 is 5.97 Å². The van der Waals surface area contributed by atoms with E-state index in [-0.39, 0.29) is 11.9 Å². The number of aryl methyl sites for hydroxylation is 1. The van der Waals surface area contributed by atoms with Crippen molar-refractivity contribution in [3.63, 3.8) is 0 Å². The molecule has 0 unspecified atom stereocenters. The number of nitrogens with zero attached hydrogens (tertiary/aromatic N) is 1. The van der Waals surface area contributed by atoms with Crippen molar-refractivity contribution in [2.24, 2.45) is 0 Å². The molecule has 22 heavy (non-hydrogen) atoms. The third-order valence-electron chi connectivity index (χ3n) is 4.03. The fourth-order valence-corrected chi connectivity index (χ4v) is 4.23. The van der Waals surface area contributed by atoms with Crippen LogP contribution in [0.2, 0.25) is 0 Å². The Balaban J connectivity index is 1.71. The molecule has 3 rings (SSSR count). The molecule has 1 aromatic rings. The van der Waals surface area contributed by atoms with Gasteiger partial charge in [0.2, 0.25) is 5.91 Å². The molecule has 1 aliphatic heterocycles. The van der Waals surface area contributed by atoms with Gasteiger partial charge in [0.1, 0.15) is 5.00 Å². The second-order valence-corrected chi connectivity index (χ2v) is 6.59. The van der Waals surface area contributed by atoms with Gasteiger partial charge in [0, 0.05) is 18.0 Å². The van der Waals surface area contributed by atoms with E-state index in [9.17, 15) is 9.59 Å². The van der Waals surface area contributed by atoms with E-state index in [4.69, 9.17) is 9.47 Å². The molecule has 120 valence electrons. The van der Waals surface area contributed by atoms with Crippen molar-refractivity contribution in [1.29, 1.82) is 0 Å². The molecule has 6 nitrogen and oxygen atoms in total. The average Bonchev–Trinajstić information content (AvgIpc) is 3.08. The monoisotopic (exact) mass is 324 g/mol. The lowest BCUT2D eigenvalue weighted by molar-refractivity contribution is -0.118. The molecule has 0 aromatic carbocycles. The number of fused-ring (bicyclic) bond motifs is 1. The fourth-order valence-electron chi connectivity index (χ4n) is 2.94. The van der Waals surface area contributed by atoms with Crippen molar-refractivity contribution < 1.29 is 19.1 Å². The molecular formula is C15H20N2O4S. The van der Waals surface area contributed by atoms with E-state index in [1.807, 2.05) is 0 Å². The van der Waals surface area contributed by atoms with E-state index < -0.39 is 0 Å². The summed E-state index contributed by atoms with van der Waals surface area (Å²) in [4.78, 5) is 27.5. The van der Waals surface area contributed by atoms with E-state index in [1.165, 1.54) is 23.3 Å². The Bertz CT molecular complexity index is 578. The van der Waals surface area contributed by atoms with E-state index in [0.29, 0.717) is 30.3 Å². The standard InChI is InChI=1S/C15H20N2O4S/c1-20-15(19)13-10-3-2-4-11(10)22-14(13)16-12(18)9-17-5-7-21-8-6-17/h2-9H2,1H3,(H,16,18). The van der Waals surface area contributed by atoms with Crippen LogP contribution in [0.3, 0.4) is 0 Å². The lowest BCUT2D eigenvalue weighted by Gasteiger charge is -2.25. The van der Waals surface area contributed by atoms with E-state index in [0.717, 1.165) is 37.9 Å². The Kier molecular flexibility index (Phi) is 4.75. The summed E-state index contributed by atoms with van der Waals surface area (Å²) in [6.07, 6.45) is 2.92. The average molecular weight is 324 g/mol. The maximum Gasteiger partial charge on any atom is 0.341 e. The molecule has 1 saturated heterocycles. The Morgan fingerprint density at radius 3 is 2.82 bits per heavy atom. The van der Waals surface area contributed by atoms with Crippen molar-refractivity contribution in [3.8, 4) is 0 Å². The first-order valence-corrected chi connectivity index (χ1v) is 8.33. The highest BCUT2D eigenvalue weighted by atomic mass is 32.1. The van der Waals surface area contributed by atoms with Gasteiger partial charge < -0.3 is 14.8 Å². The number of amides is 1. The van der Waals surface area contributed by atoms with Gasteiger partial charge in [-0.3, -0.25) is 9.69 Å². The summed E-state index contributed by atoms with van der Waals surface area (Å²) in [5.41, 5.74) is 1.61. The van der Waals surface area contributed by atoms with Crippen molar-refractivity contribution in [2.75, 3.05) is 45.3 Å². The lowest BCUT2D eigenvalue weighted by atomic mass is 10.1. The number of methoxy groups -OCH3 is 1. The van der Waals surface area contributed by atoms with Crippen LogP contribution in [-0.2, 0) is 27.1 Å². The highest BCUT2D eigenvalue weighted by Crippen LogP contribution is 2.39. The predicted molar refractivity (Wildman–Crippen MR) is 83.6 cm³/mol. The number of hydrogen-bond donors (Lipinski definition) is 1. The number of nitrogens with one attached hydrogen (secondary N) is 1.